The first kappa shape index (κ1) is 12.6. The van der Waals surface area contributed by atoms with Crippen molar-refractivity contribution in [3.63, 3.8) is 0 Å². The summed E-state index contributed by atoms with van der Waals surface area (Å²) in [6.45, 7) is 0.317. The van der Waals surface area contributed by atoms with Crippen LogP contribution in [0.25, 0.3) is 0 Å². The minimum Gasteiger partial charge on any atom is -0.497 e. The second-order valence-electron chi connectivity index (χ2n) is 3.56. The molecule has 0 amide bonds. The van der Waals surface area contributed by atoms with E-state index in [0.29, 0.717) is 18.3 Å². The first-order valence-corrected chi connectivity index (χ1v) is 5.98. The first-order valence-electron chi connectivity index (χ1n) is 5.45. The molecule has 0 bridgehead atoms. The van der Waals surface area contributed by atoms with Gasteiger partial charge in [-0.1, -0.05) is 0 Å². The summed E-state index contributed by atoms with van der Waals surface area (Å²) >= 11 is 5.88. The molecule has 1 heterocycles. The van der Waals surface area contributed by atoms with Crippen LogP contribution in [0.5, 0.6) is 11.5 Å². The number of methoxy groups -OCH3 is 1. The lowest BCUT2D eigenvalue weighted by atomic mass is 10.2. The number of alkyl halides is 1. The second-order valence-corrected chi connectivity index (χ2v) is 3.83. The highest BCUT2D eigenvalue weighted by Gasteiger charge is 2.06. The SMILES string of the molecule is COc1ccc(OCc2ncccn2)c(CCl)c1. The van der Waals surface area contributed by atoms with Crippen LogP contribution in [0.1, 0.15) is 11.4 Å². The zero-order valence-corrected chi connectivity index (χ0v) is 10.7. The molecule has 0 aliphatic rings. The molecule has 0 atom stereocenters. The third-order valence-electron chi connectivity index (χ3n) is 2.39. The van der Waals surface area contributed by atoms with Crippen molar-refractivity contribution >= 4 is 11.6 Å². The van der Waals surface area contributed by atoms with Crippen molar-refractivity contribution in [1.29, 1.82) is 0 Å². The Balaban J connectivity index is 2.09. The largest absolute Gasteiger partial charge is 0.497 e. The molecule has 2 aromatic rings. The average Bonchev–Trinajstić information content (AvgIpc) is 2.46. The van der Waals surface area contributed by atoms with Gasteiger partial charge in [0.25, 0.3) is 0 Å². The normalized spacial score (nSPS) is 10.1. The van der Waals surface area contributed by atoms with Gasteiger partial charge in [0.15, 0.2) is 5.82 Å². The zero-order chi connectivity index (χ0) is 12.8. The zero-order valence-electron chi connectivity index (χ0n) is 9.97. The Labute approximate surface area is 111 Å². The highest BCUT2D eigenvalue weighted by atomic mass is 35.5. The smallest absolute Gasteiger partial charge is 0.166 e. The van der Waals surface area contributed by atoms with Crippen LogP contribution in [0.3, 0.4) is 0 Å². The molecule has 0 fully saturated rings. The van der Waals surface area contributed by atoms with E-state index in [-0.39, 0.29) is 0 Å². The molecule has 0 saturated carbocycles. The van der Waals surface area contributed by atoms with Crippen LogP contribution in [-0.2, 0) is 12.5 Å². The fraction of sp³-hybridized carbons (Fsp3) is 0.231. The van der Waals surface area contributed by atoms with E-state index < -0.39 is 0 Å². The van der Waals surface area contributed by atoms with E-state index in [9.17, 15) is 0 Å². The number of halogens is 1. The fourth-order valence-electron chi connectivity index (χ4n) is 1.47. The van der Waals surface area contributed by atoms with Crippen LogP contribution < -0.4 is 9.47 Å². The molecule has 0 saturated heterocycles. The Hall–Kier alpha value is -1.81. The molecule has 0 aliphatic carbocycles. The van der Waals surface area contributed by atoms with E-state index in [1.807, 2.05) is 18.2 Å². The van der Waals surface area contributed by atoms with Gasteiger partial charge in [-0.25, -0.2) is 9.97 Å². The lowest BCUT2D eigenvalue weighted by Gasteiger charge is -2.10. The molecule has 5 heteroatoms. The number of ether oxygens (including phenoxy) is 2. The second kappa shape index (κ2) is 6.21. The molecule has 0 N–H and O–H groups in total. The molecule has 0 aliphatic heterocycles. The van der Waals surface area contributed by atoms with Gasteiger partial charge in [0.2, 0.25) is 0 Å². The van der Waals surface area contributed by atoms with Gasteiger partial charge in [-0.15, -0.1) is 11.6 Å². The number of nitrogens with zero attached hydrogens (tertiary/aromatic N) is 2. The summed E-state index contributed by atoms with van der Waals surface area (Å²) in [6, 6.07) is 7.28. The lowest BCUT2D eigenvalue weighted by molar-refractivity contribution is 0.293. The molecule has 0 spiro atoms. The quantitative estimate of drug-likeness (QED) is 0.779. The maximum absolute atomic E-state index is 5.88. The molecule has 4 nitrogen and oxygen atoms in total. The van der Waals surface area contributed by atoms with Gasteiger partial charge in [0.05, 0.1) is 13.0 Å². The van der Waals surface area contributed by atoms with Crippen LogP contribution in [0, 0.1) is 0 Å². The van der Waals surface area contributed by atoms with Gasteiger partial charge in [-0.3, -0.25) is 0 Å². The van der Waals surface area contributed by atoms with Crippen molar-refractivity contribution in [1.82, 2.24) is 9.97 Å². The summed E-state index contributed by atoms with van der Waals surface area (Å²) in [5, 5.41) is 0. The lowest BCUT2D eigenvalue weighted by Crippen LogP contribution is -2.02. The van der Waals surface area contributed by atoms with Crippen LogP contribution >= 0.6 is 11.6 Å². The molecular formula is C13H13ClN2O2. The number of aromatic nitrogens is 2. The Morgan fingerprint density at radius 2 is 2.00 bits per heavy atom. The van der Waals surface area contributed by atoms with E-state index in [1.165, 1.54) is 0 Å². The molecule has 0 unspecified atom stereocenters. The van der Waals surface area contributed by atoms with Gasteiger partial charge in [-0.05, 0) is 24.3 Å². The van der Waals surface area contributed by atoms with Crippen molar-refractivity contribution in [3.8, 4) is 11.5 Å². The molecule has 1 aromatic carbocycles. The van der Waals surface area contributed by atoms with Gasteiger partial charge in [0.1, 0.15) is 18.1 Å². The third kappa shape index (κ3) is 3.11. The molecular weight excluding hydrogens is 252 g/mol. The molecule has 1 aromatic heterocycles. The van der Waals surface area contributed by atoms with E-state index in [0.717, 1.165) is 17.1 Å². The summed E-state index contributed by atoms with van der Waals surface area (Å²) in [4.78, 5) is 8.18. The van der Waals surface area contributed by atoms with Gasteiger partial charge >= 0.3 is 0 Å². The highest BCUT2D eigenvalue weighted by molar-refractivity contribution is 6.17. The van der Waals surface area contributed by atoms with Crippen molar-refractivity contribution in [2.24, 2.45) is 0 Å². The van der Waals surface area contributed by atoms with Crippen LogP contribution in [0.4, 0.5) is 0 Å². The van der Waals surface area contributed by atoms with Crippen molar-refractivity contribution in [2.45, 2.75) is 12.5 Å². The highest BCUT2D eigenvalue weighted by Crippen LogP contribution is 2.26. The van der Waals surface area contributed by atoms with E-state index in [4.69, 9.17) is 21.1 Å². The minimum absolute atomic E-state index is 0.317. The standard InChI is InChI=1S/C13H13ClN2O2/c1-17-11-3-4-12(10(7-11)8-14)18-9-13-15-5-2-6-16-13/h2-7H,8-9H2,1H3. The fourth-order valence-corrected chi connectivity index (χ4v) is 1.68. The summed E-state index contributed by atoms with van der Waals surface area (Å²) in [5.41, 5.74) is 0.881. The molecule has 94 valence electrons. The van der Waals surface area contributed by atoms with Crippen molar-refractivity contribution in [2.75, 3.05) is 7.11 Å². The number of hydrogen-bond acceptors (Lipinski definition) is 4. The van der Waals surface area contributed by atoms with Crippen molar-refractivity contribution < 1.29 is 9.47 Å². The van der Waals surface area contributed by atoms with Crippen molar-refractivity contribution in [3.05, 3.63) is 48.0 Å². The Bertz CT molecular complexity index is 506. The maximum atomic E-state index is 5.88. The van der Waals surface area contributed by atoms with Gasteiger partial charge in [-0.2, -0.15) is 0 Å². The van der Waals surface area contributed by atoms with E-state index in [2.05, 4.69) is 9.97 Å². The maximum Gasteiger partial charge on any atom is 0.166 e. The molecule has 18 heavy (non-hydrogen) atoms. The summed E-state index contributed by atoms with van der Waals surface area (Å²) in [7, 11) is 1.62. The monoisotopic (exact) mass is 264 g/mol. The minimum atomic E-state index is 0.317. The van der Waals surface area contributed by atoms with Crippen LogP contribution in [0.15, 0.2) is 36.7 Å². The molecule has 0 radical (unpaired) electrons. The van der Waals surface area contributed by atoms with E-state index >= 15 is 0 Å². The number of rotatable bonds is 5. The summed E-state index contributed by atoms with van der Waals surface area (Å²) in [5.74, 6) is 2.48. The summed E-state index contributed by atoms with van der Waals surface area (Å²) in [6.07, 6.45) is 3.37. The van der Waals surface area contributed by atoms with Crippen LogP contribution in [0.2, 0.25) is 0 Å². The van der Waals surface area contributed by atoms with E-state index in [1.54, 1.807) is 25.6 Å². The Kier molecular flexibility index (Phi) is 4.36. The van der Waals surface area contributed by atoms with Gasteiger partial charge < -0.3 is 9.47 Å². The average molecular weight is 265 g/mol. The van der Waals surface area contributed by atoms with Gasteiger partial charge in [0, 0.05) is 18.0 Å². The predicted octanol–water partition coefficient (Wildman–Crippen LogP) is 2.80. The summed E-state index contributed by atoms with van der Waals surface area (Å²) < 4.78 is 10.8. The molecule has 2 rings (SSSR count). The van der Waals surface area contributed by atoms with Crippen LogP contribution in [-0.4, -0.2) is 17.1 Å². The Morgan fingerprint density at radius 3 is 2.67 bits per heavy atom. The number of hydrogen-bond donors (Lipinski definition) is 0. The Morgan fingerprint density at radius 1 is 1.22 bits per heavy atom. The predicted molar refractivity (Wildman–Crippen MR) is 68.9 cm³/mol. The topological polar surface area (TPSA) is 44.2 Å². The third-order valence-corrected chi connectivity index (χ3v) is 2.68. The number of benzene rings is 1. The first-order chi connectivity index (χ1) is 8.83.